The largest absolute Gasteiger partial charge is 0.240 e. The van der Waals surface area contributed by atoms with Crippen molar-refractivity contribution in [3.63, 3.8) is 0 Å². The Morgan fingerprint density at radius 1 is 1.25 bits per heavy atom. The Morgan fingerprint density at radius 2 is 2.05 bits per heavy atom. The van der Waals surface area contributed by atoms with Gasteiger partial charge in [0.1, 0.15) is 0 Å². The van der Waals surface area contributed by atoms with Crippen molar-refractivity contribution in [2.75, 3.05) is 0 Å². The molecular formula is C18H24N2. The molecule has 0 aliphatic rings. The van der Waals surface area contributed by atoms with Gasteiger partial charge in [0, 0.05) is 6.20 Å². The summed E-state index contributed by atoms with van der Waals surface area (Å²) in [5.41, 5.74) is 4.88. The Morgan fingerprint density at radius 3 is 2.65 bits per heavy atom. The van der Waals surface area contributed by atoms with Crippen molar-refractivity contribution >= 4 is 6.08 Å². The molecule has 0 amide bonds. The van der Waals surface area contributed by atoms with Crippen LogP contribution in [0, 0.1) is 12.8 Å². The normalized spacial score (nSPS) is 11.7. The van der Waals surface area contributed by atoms with E-state index in [-0.39, 0.29) is 0 Å². The fourth-order valence-electron chi connectivity index (χ4n) is 2.34. The van der Waals surface area contributed by atoms with Gasteiger partial charge >= 0.3 is 0 Å². The second kappa shape index (κ2) is 6.56. The molecule has 20 heavy (non-hydrogen) atoms. The van der Waals surface area contributed by atoms with Crippen molar-refractivity contribution in [2.24, 2.45) is 5.92 Å². The molecule has 0 aliphatic carbocycles. The van der Waals surface area contributed by atoms with Crippen molar-refractivity contribution in [2.45, 2.75) is 40.5 Å². The van der Waals surface area contributed by atoms with Crippen LogP contribution >= 0.6 is 0 Å². The van der Waals surface area contributed by atoms with E-state index >= 15 is 0 Å². The van der Waals surface area contributed by atoms with E-state index in [1.54, 1.807) is 0 Å². The van der Waals surface area contributed by atoms with Gasteiger partial charge in [-0.3, -0.25) is 0 Å². The average molecular weight is 268 g/mol. The number of allylic oxidation sites excluding steroid dienone is 1. The summed E-state index contributed by atoms with van der Waals surface area (Å²) in [4.78, 5) is 0. The molecule has 0 unspecified atom stereocenters. The Labute approximate surface area is 122 Å². The minimum atomic E-state index is 0.635. The lowest BCUT2D eigenvalue weighted by Crippen LogP contribution is -2.04. The maximum absolute atomic E-state index is 4.54. The smallest absolute Gasteiger partial charge is 0.0678 e. The van der Waals surface area contributed by atoms with Gasteiger partial charge < -0.3 is 0 Å². The van der Waals surface area contributed by atoms with Gasteiger partial charge in [-0.2, -0.15) is 5.10 Å². The molecule has 0 spiro atoms. The molecule has 0 fully saturated rings. The van der Waals surface area contributed by atoms with E-state index in [0.717, 1.165) is 18.5 Å². The molecule has 2 heteroatoms. The Bertz CT molecular complexity index is 591. The quantitative estimate of drug-likeness (QED) is 0.761. The topological polar surface area (TPSA) is 17.8 Å². The van der Waals surface area contributed by atoms with E-state index in [1.165, 1.54) is 16.8 Å². The zero-order valence-corrected chi connectivity index (χ0v) is 12.9. The summed E-state index contributed by atoms with van der Waals surface area (Å²) < 4.78 is 1.99. The van der Waals surface area contributed by atoms with E-state index in [9.17, 15) is 0 Å². The van der Waals surface area contributed by atoms with Crippen LogP contribution < -0.4 is 0 Å². The third kappa shape index (κ3) is 3.60. The molecule has 0 aliphatic heterocycles. The number of aryl methyl sites for hydroxylation is 1. The molecule has 1 aromatic heterocycles. The number of nitrogens with zero attached hydrogens (tertiary/aromatic N) is 2. The predicted molar refractivity (Wildman–Crippen MR) is 86.2 cm³/mol. The van der Waals surface area contributed by atoms with E-state index in [0.29, 0.717) is 5.92 Å². The number of rotatable bonds is 5. The summed E-state index contributed by atoms with van der Waals surface area (Å²) in [5, 5.41) is 4.54. The third-order valence-electron chi connectivity index (χ3n) is 3.25. The Kier molecular flexibility index (Phi) is 4.78. The SMILES string of the molecule is CCC=Cc1ccc(-n2ccc(C)n2)c(CC(C)C)c1. The maximum Gasteiger partial charge on any atom is 0.0678 e. The molecule has 2 aromatic rings. The number of benzene rings is 1. The Balaban J connectivity index is 2.42. The first-order valence-corrected chi connectivity index (χ1v) is 7.42. The van der Waals surface area contributed by atoms with Gasteiger partial charge in [-0.25, -0.2) is 4.68 Å². The molecule has 2 nitrogen and oxygen atoms in total. The second-order valence-electron chi connectivity index (χ2n) is 5.70. The minimum Gasteiger partial charge on any atom is -0.240 e. The molecule has 0 N–H and O–H groups in total. The van der Waals surface area contributed by atoms with E-state index in [2.05, 4.69) is 56.2 Å². The van der Waals surface area contributed by atoms with Crippen molar-refractivity contribution in [1.29, 1.82) is 0 Å². The zero-order valence-electron chi connectivity index (χ0n) is 12.9. The number of hydrogen-bond donors (Lipinski definition) is 0. The van der Waals surface area contributed by atoms with Gasteiger partial charge in [-0.1, -0.05) is 39.0 Å². The third-order valence-corrected chi connectivity index (χ3v) is 3.25. The number of hydrogen-bond acceptors (Lipinski definition) is 1. The number of aromatic nitrogens is 2. The van der Waals surface area contributed by atoms with Gasteiger partial charge in [0.25, 0.3) is 0 Å². The van der Waals surface area contributed by atoms with Crippen molar-refractivity contribution in [1.82, 2.24) is 9.78 Å². The lowest BCUT2D eigenvalue weighted by atomic mass is 9.99. The highest BCUT2D eigenvalue weighted by molar-refractivity contribution is 5.55. The summed E-state index contributed by atoms with van der Waals surface area (Å²) in [5.74, 6) is 0.635. The summed E-state index contributed by atoms with van der Waals surface area (Å²) in [7, 11) is 0. The van der Waals surface area contributed by atoms with E-state index in [1.807, 2.05) is 23.9 Å². The zero-order chi connectivity index (χ0) is 14.5. The fourth-order valence-corrected chi connectivity index (χ4v) is 2.34. The molecule has 1 aromatic carbocycles. The van der Waals surface area contributed by atoms with Crippen LogP contribution in [0.1, 0.15) is 44.0 Å². The first-order valence-electron chi connectivity index (χ1n) is 7.42. The highest BCUT2D eigenvalue weighted by Crippen LogP contribution is 2.21. The van der Waals surface area contributed by atoms with Gasteiger partial charge in [-0.15, -0.1) is 0 Å². The second-order valence-corrected chi connectivity index (χ2v) is 5.70. The minimum absolute atomic E-state index is 0.635. The van der Waals surface area contributed by atoms with Crippen LogP contribution in [-0.2, 0) is 6.42 Å². The van der Waals surface area contributed by atoms with Crippen molar-refractivity contribution in [3.8, 4) is 5.69 Å². The lowest BCUT2D eigenvalue weighted by Gasteiger charge is -2.13. The highest BCUT2D eigenvalue weighted by atomic mass is 15.3. The van der Waals surface area contributed by atoms with Gasteiger partial charge in [-0.05, 0) is 55.0 Å². The molecule has 0 radical (unpaired) electrons. The first kappa shape index (κ1) is 14.6. The van der Waals surface area contributed by atoms with Gasteiger partial charge in [0.05, 0.1) is 11.4 Å². The van der Waals surface area contributed by atoms with E-state index in [4.69, 9.17) is 0 Å². The van der Waals surface area contributed by atoms with Crippen molar-refractivity contribution < 1.29 is 0 Å². The molecule has 0 saturated heterocycles. The van der Waals surface area contributed by atoms with E-state index < -0.39 is 0 Å². The summed E-state index contributed by atoms with van der Waals surface area (Å²) in [6, 6.07) is 8.68. The van der Waals surface area contributed by atoms with Crippen LogP contribution in [0.3, 0.4) is 0 Å². The van der Waals surface area contributed by atoms with Crippen LogP contribution in [0.4, 0.5) is 0 Å². The van der Waals surface area contributed by atoms with Crippen LogP contribution in [0.5, 0.6) is 0 Å². The molecule has 0 bridgehead atoms. The van der Waals surface area contributed by atoms with Gasteiger partial charge in [0.2, 0.25) is 0 Å². The average Bonchev–Trinajstić information content (AvgIpc) is 2.82. The van der Waals surface area contributed by atoms with Crippen LogP contribution in [0.15, 0.2) is 36.5 Å². The van der Waals surface area contributed by atoms with Crippen molar-refractivity contribution in [3.05, 3.63) is 53.4 Å². The molecule has 106 valence electrons. The van der Waals surface area contributed by atoms with Gasteiger partial charge in [0.15, 0.2) is 0 Å². The highest BCUT2D eigenvalue weighted by Gasteiger charge is 2.08. The predicted octanol–water partition coefficient (Wildman–Crippen LogP) is 4.80. The summed E-state index contributed by atoms with van der Waals surface area (Å²) in [6.07, 6.45) is 8.58. The maximum atomic E-state index is 4.54. The van der Waals surface area contributed by atoms with Crippen LogP contribution in [-0.4, -0.2) is 9.78 Å². The molecule has 1 heterocycles. The molecule has 2 rings (SSSR count). The van der Waals surface area contributed by atoms with Crippen LogP contribution in [0.2, 0.25) is 0 Å². The summed E-state index contributed by atoms with van der Waals surface area (Å²) >= 11 is 0. The van der Waals surface area contributed by atoms with Crippen LogP contribution in [0.25, 0.3) is 11.8 Å². The standard InChI is InChI=1S/C18H24N2/c1-5-6-7-16-8-9-18(17(13-16)12-14(2)3)20-11-10-15(4)19-20/h6-11,13-14H,5,12H2,1-4H3. The molecular weight excluding hydrogens is 244 g/mol. The first-order chi connectivity index (χ1) is 9.60. The summed E-state index contributed by atoms with van der Waals surface area (Å²) in [6.45, 7) is 8.70. The fraction of sp³-hybridized carbons (Fsp3) is 0.389. The lowest BCUT2D eigenvalue weighted by molar-refractivity contribution is 0.642. The molecule has 0 atom stereocenters. The monoisotopic (exact) mass is 268 g/mol. The molecule has 0 saturated carbocycles. The Hall–Kier alpha value is -1.83.